The number of rotatable bonds is 4. The maximum absolute atomic E-state index is 6.15. The van der Waals surface area contributed by atoms with Gasteiger partial charge in [0, 0.05) is 27.7 Å². The van der Waals surface area contributed by atoms with Gasteiger partial charge in [0.15, 0.2) is 0 Å². The van der Waals surface area contributed by atoms with E-state index >= 15 is 0 Å². The van der Waals surface area contributed by atoms with Crippen LogP contribution in [0.3, 0.4) is 0 Å². The fraction of sp³-hybridized carbons (Fsp3) is 0.105. The fourth-order valence-electron chi connectivity index (χ4n) is 2.81. The van der Waals surface area contributed by atoms with Gasteiger partial charge in [0.2, 0.25) is 0 Å². The molecule has 0 unspecified atom stereocenters. The molecule has 2 aromatic carbocycles. The molecule has 0 amide bonds. The van der Waals surface area contributed by atoms with E-state index in [1.165, 1.54) is 0 Å². The van der Waals surface area contributed by atoms with Gasteiger partial charge in [-0.1, -0.05) is 11.6 Å². The van der Waals surface area contributed by atoms with Crippen molar-refractivity contribution in [3.63, 3.8) is 0 Å². The van der Waals surface area contributed by atoms with E-state index in [9.17, 15) is 0 Å². The second-order valence-electron chi connectivity index (χ2n) is 5.83. The standard InChI is InChI=1S/C19H16ClN5O/c1-11-22-17(15-7-13(20)4-6-18(15)26-2)9-19(23-11)24-14-5-3-12-10-21-25-16(12)8-14/h3-10H,1-2H3,(H,21,25)(H,22,23,24). The summed E-state index contributed by atoms with van der Waals surface area (Å²) in [6.07, 6.45) is 1.79. The average molecular weight is 366 g/mol. The van der Waals surface area contributed by atoms with Crippen molar-refractivity contribution in [1.29, 1.82) is 0 Å². The van der Waals surface area contributed by atoms with Gasteiger partial charge in [-0.05, 0) is 43.3 Å². The van der Waals surface area contributed by atoms with Gasteiger partial charge in [-0.25, -0.2) is 9.97 Å². The molecule has 2 N–H and O–H groups in total. The molecule has 0 spiro atoms. The van der Waals surface area contributed by atoms with E-state index in [4.69, 9.17) is 16.3 Å². The minimum atomic E-state index is 0.622. The van der Waals surface area contributed by atoms with Crippen molar-refractivity contribution < 1.29 is 4.74 Å². The van der Waals surface area contributed by atoms with E-state index in [1.54, 1.807) is 19.4 Å². The molecular weight excluding hydrogens is 350 g/mol. The summed E-state index contributed by atoms with van der Waals surface area (Å²) in [5, 5.41) is 12.0. The summed E-state index contributed by atoms with van der Waals surface area (Å²) in [5.74, 6) is 2.04. The summed E-state index contributed by atoms with van der Waals surface area (Å²) < 4.78 is 5.44. The van der Waals surface area contributed by atoms with Crippen molar-refractivity contribution in [2.75, 3.05) is 12.4 Å². The van der Waals surface area contributed by atoms with Crippen molar-refractivity contribution in [1.82, 2.24) is 20.2 Å². The summed E-state index contributed by atoms with van der Waals surface area (Å²) in [4.78, 5) is 9.01. The first-order valence-electron chi connectivity index (χ1n) is 8.02. The van der Waals surface area contributed by atoms with Crippen LogP contribution < -0.4 is 10.1 Å². The van der Waals surface area contributed by atoms with Gasteiger partial charge in [-0.3, -0.25) is 5.10 Å². The smallest absolute Gasteiger partial charge is 0.134 e. The summed E-state index contributed by atoms with van der Waals surface area (Å²) in [5.41, 5.74) is 3.42. The Labute approximate surface area is 155 Å². The minimum absolute atomic E-state index is 0.622. The molecule has 0 radical (unpaired) electrons. The zero-order valence-corrected chi connectivity index (χ0v) is 15.0. The SMILES string of the molecule is COc1ccc(Cl)cc1-c1cc(Nc2ccc3cn[nH]c3c2)nc(C)n1. The maximum Gasteiger partial charge on any atom is 0.134 e. The molecule has 130 valence electrons. The molecule has 2 aromatic heterocycles. The molecule has 0 saturated heterocycles. The van der Waals surface area contributed by atoms with Crippen LogP contribution in [-0.2, 0) is 0 Å². The molecule has 0 aliphatic heterocycles. The predicted octanol–water partition coefficient (Wildman–Crippen LogP) is 4.73. The lowest BCUT2D eigenvalue weighted by Gasteiger charge is -2.12. The van der Waals surface area contributed by atoms with Gasteiger partial charge >= 0.3 is 0 Å². The molecule has 26 heavy (non-hydrogen) atoms. The number of H-pyrrole nitrogens is 1. The Kier molecular flexibility index (Phi) is 4.18. The van der Waals surface area contributed by atoms with Crippen LogP contribution in [-0.4, -0.2) is 27.3 Å². The number of methoxy groups -OCH3 is 1. The average Bonchev–Trinajstić information content (AvgIpc) is 3.09. The summed E-state index contributed by atoms with van der Waals surface area (Å²) in [6, 6.07) is 13.3. The highest BCUT2D eigenvalue weighted by atomic mass is 35.5. The largest absolute Gasteiger partial charge is 0.496 e. The molecule has 0 aliphatic carbocycles. The van der Waals surface area contributed by atoms with Gasteiger partial charge in [-0.2, -0.15) is 5.10 Å². The Morgan fingerprint density at radius 1 is 1.08 bits per heavy atom. The molecule has 0 fully saturated rings. The highest BCUT2D eigenvalue weighted by Gasteiger charge is 2.11. The summed E-state index contributed by atoms with van der Waals surface area (Å²) in [6.45, 7) is 1.85. The lowest BCUT2D eigenvalue weighted by atomic mass is 10.1. The molecule has 4 aromatic rings. The van der Waals surface area contributed by atoms with Crippen LogP contribution in [0.25, 0.3) is 22.2 Å². The Balaban J connectivity index is 1.73. The van der Waals surface area contributed by atoms with Gasteiger partial charge in [0.25, 0.3) is 0 Å². The highest BCUT2D eigenvalue weighted by Crippen LogP contribution is 2.32. The number of fused-ring (bicyclic) bond motifs is 1. The van der Waals surface area contributed by atoms with E-state index in [-0.39, 0.29) is 0 Å². The third kappa shape index (κ3) is 3.19. The topological polar surface area (TPSA) is 75.7 Å². The van der Waals surface area contributed by atoms with E-state index in [2.05, 4.69) is 25.5 Å². The number of aromatic amines is 1. The first-order valence-corrected chi connectivity index (χ1v) is 8.40. The molecule has 2 heterocycles. The Hall–Kier alpha value is -3.12. The molecule has 4 rings (SSSR count). The summed E-state index contributed by atoms with van der Waals surface area (Å²) in [7, 11) is 1.62. The van der Waals surface area contributed by atoms with Crippen molar-refractivity contribution in [2.24, 2.45) is 0 Å². The third-order valence-electron chi connectivity index (χ3n) is 3.99. The molecule has 0 atom stereocenters. The van der Waals surface area contributed by atoms with Gasteiger partial charge in [0.05, 0.1) is 24.5 Å². The number of aromatic nitrogens is 4. The van der Waals surface area contributed by atoms with Crippen molar-refractivity contribution in [2.45, 2.75) is 6.92 Å². The van der Waals surface area contributed by atoms with E-state index in [0.717, 1.165) is 27.8 Å². The van der Waals surface area contributed by atoms with Crippen molar-refractivity contribution in [3.05, 3.63) is 59.5 Å². The normalized spacial score (nSPS) is 10.9. The Morgan fingerprint density at radius 3 is 2.81 bits per heavy atom. The molecule has 6 nitrogen and oxygen atoms in total. The number of anilines is 2. The van der Waals surface area contributed by atoms with E-state index in [0.29, 0.717) is 22.4 Å². The molecule has 0 saturated carbocycles. The lowest BCUT2D eigenvalue weighted by Crippen LogP contribution is -2.00. The number of hydrogen-bond donors (Lipinski definition) is 2. The van der Waals surface area contributed by atoms with E-state index < -0.39 is 0 Å². The molecule has 0 bridgehead atoms. The highest BCUT2D eigenvalue weighted by molar-refractivity contribution is 6.31. The quantitative estimate of drug-likeness (QED) is 0.546. The van der Waals surface area contributed by atoms with Crippen LogP contribution >= 0.6 is 11.6 Å². The monoisotopic (exact) mass is 365 g/mol. The van der Waals surface area contributed by atoms with Crippen LogP contribution in [0, 0.1) is 6.92 Å². The van der Waals surface area contributed by atoms with Gasteiger partial charge < -0.3 is 10.1 Å². The fourth-order valence-corrected chi connectivity index (χ4v) is 2.98. The second kappa shape index (κ2) is 6.65. The Morgan fingerprint density at radius 2 is 1.96 bits per heavy atom. The van der Waals surface area contributed by atoms with Gasteiger partial charge in [0.1, 0.15) is 17.4 Å². The van der Waals surface area contributed by atoms with Crippen molar-refractivity contribution >= 4 is 34.0 Å². The number of ether oxygens (including phenoxy) is 1. The second-order valence-corrected chi connectivity index (χ2v) is 6.26. The third-order valence-corrected chi connectivity index (χ3v) is 4.22. The van der Waals surface area contributed by atoms with E-state index in [1.807, 2.05) is 43.3 Å². The zero-order valence-electron chi connectivity index (χ0n) is 14.2. The zero-order chi connectivity index (χ0) is 18.1. The first-order chi connectivity index (χ1) is 12.6. The number of benzene rings is 2. The minimum Gasteiger partial charge on any atom is -0.496 e. The maximum atomic E-state index is 6.15. The first kappa shape index (κ1) is 16.4. The van der Waals surface area contributed by atoms with Crippen LogP contribution in [0.1, 0.15) is 5.82 Å². The number of nitrogens with zero attached hydrogens (tertiary/aromatic N) is 3. The number of nitrogens with one attached hydrogen (secondary N) is 2. The molecule has 0 aliphatic rings. The molecular formula is C19H16ClN5O. The van der Waals surface area contributed by atoms with Crippen molar-refractivity contribution in [3.8, 4) is 17.0 Å². The van der Waals surface area contributed by atoms with Crippen LogP contribution in [0.2, 0.25) is 5.02 Å². The van der Waals surface area contributed by atoms with Crippen LogP contribution in [0.4, 0.5) is 11.5 Å². The number of halogens is 1. The predicted molar refractivity (Wildman–Crippen MR) is 103 cm³/mol. The lowest BCUT2D eigenvalue weighted by molar-refractivity contribution is 0.416. The summed E-state index contributed by atoms with van der Waals surface area (Å²) >= 11 is 6.15. The Bertz CT molecular complexity index is 1090. The molecule has 7 heteroatoms. The van der Waals surface area contributed by atoms with Crippen LogP contribution in [0.5, 0.6) is 5.75 Å². The van der Waals surface area contributed by atoms with Crippen LogP contribution in [0.15, 0.2) is 48.7 Å². The number of aryl methyl sites for hydroxylation is 1. The number of hydrogen-bond acceptors (Lipinski definition) is 5. The van der Waals surface area contributed by atoms with Gasteiger partial charge in [-0.15, -0.1) is 0 Å².